The maximum atomic E-state index is 12.8. The molecule has 1 aliphatic rings. The first-order valence-electron chi connectivity index (χ1n) is 9.71. The van der Waals surface area contributed by atoms with E-state index in [-0.39, 0.29) is 24.3 Å². The van der Waals surface area contributed by atoms with Crippen LogP contribution in [0.1, 0.15) is 13.3 Å². The van der Waals surface area contributed by atoms with Gasteiger partial charge in [-0.05, 0) is 0 Å². The van der Waals surface area contributed by atoms with Gasteiger partial charge in [-0.3, -0.25) is 14.4 Å². The van der Waals surface area contributed by atoms with Gasteiger partial charge in [-0.25, -0.2) is 4.98 Å². The predicted molar refractivity (Wildman–Crippen MR) is 109 cm³/mol. The van der Waals surface area contributed by atoms with Crippen molar-refractivity contribution in [1.82, 2.24) is 24.3 Å². The lowest BCUT2D eigenvalue weighted by atomic mass is 10.1. The zero-order valence-electron chi connectivity index (χ0n) is 17.1. The molecule has 0 saturated carbocycles. The fourth-order valence-electron chi connectivity index (χ4n) is 3.61. The maximum absolute atomic E-state index is 12.8. The Labute approximate surface area is 170 Å². The summed E-state index contributed by atoms with van der Waals surface area (Å²) in [5, 5.41) is 0. The Hall–Kier alpha value is -3.16. The van der Waals surface area contributed by atoms with Crippen molar-refractivity contribution < 1.29 is 14.4 Å². The van der Waals surface area contributed by atoms with Crippen LogP contribution in [-0.2, 0) is 20.9 Å². The Morgan fingerprint density at radius 3 is 2.52 bits per heavy atom. The molecule has 8 nitrogen and oxygen atoms in total. The summed E-state index contributed by atoms with van der Waals surface area (Å²) in [7, 11) is 3.32. The van der Waals surface area contributed by atoms with E-state index in [1.165, 1.54) is 11.8 Å². The smallest absolute Gasteiger partial charge is 0.246 e. The third-order valence-corrected chi connectivity index (χ3v) is 5.18. The number of nitrogens with zero attached hydrogens (tertiary/aromatic N) is 5. The van der Waals surface area contributed by atoms with E-state index in [0.717, 1.165) is 11.4 Å². The number of aryl methyl sites for hydroxylation is 1. The molecule has 3 amide bonds. The molecule has 29 heavy (non-hydrogen) atoms. The quantitative estimate of drug-likeness (QED) is 0.757. The van der Waals surface area contributed by atoms with Gasteiger partial charge in [-0.2, -0.15) is 0 Å². The van der Waals surface area contributed by atoms with Crippen LogP contribution in [0.3, 0.4) is 0 Å². The predicted octanol–water partition coefficient (Wildman–Crippen LogP) is 1.09. The van der Waals surface area contributed by atoms with Gasteiger partial charge in [0.25, 0.3) is 0 Å². The molecular weight excluding hydrogens is 370 g/mol. The van der Waals surface area contributed by atoms with E-state index in [2.05, 4.69) is 4.98 Å². The number of aromatic nitrogens is 2. The van der Waals surface area contributed by atoms with Gasteiger partial charge >= 0.3 is 0 Å². The van der Waals surface area contributed by atoms with Crippen LogP contribution in [0.2, 0.25) is 0 Å². The normalized spacial score (nSPS) is 16.6. The molecule has 0 N–H and O–H groups in total. The van der Waals surface area contributed by atoms with Crippen molar-refractivity contribution in [2.75, 3.05) is 33.7 Å². The summed E-state index contributed by atoms with van der Waals surface area (Å²) in [6, 6.07) is 9.20. The summed E-state index contributed by atoms with van der Waals surface area (Å²) >= 11 is 0. The molecule has 0 radical (unpaired) electrons. The standard InChI is InChI=1S/C21H27N5O3/c1-16(27)26-14-13-25(15-18(26)21(29)23(2)3)19(28)9-11-24-12-10-22-20(24)17-7-5-4-6-8-17/h4-8,10,12,18H,9,11,13-15H2,1-3H3/t18-/m1/s1. The molecular formula is C21H27N5O3. The van der Waals surface area contributed by atoms with Crippen LogP contribution in [0, 0.1) is 0 Å². The molecule has 1 aliphatic heterocycles. The van der Waals surface area contributed by atoms with Crippen LogP contribution < -0.4 is 0 Å². The summed E-state index contributed by atoms with van der Waals surface area (Å²) in [5.74, 6) is 0.472. The van der Waals surface area contributed by atoms with E-state index in [1.54, 1.807) is 30.1 Å². The van der Waals surface area contributed by atoms with Crippen molar-refractivity contribution in [3.63, 3.8) is 0 Å². The second-order valence-corrected chi connectivity index (χ2v) is 7.36. The average Bonchev–Trinajstić information content (AvgIpc) is 3.20. The van der Waals surface area contributed by atoms with Crippen molar-refractivity contribution in [2.45, 2.75) is 25.9 Å². The highest BCUT2D eigenvalue weighted by Gasteiger charge is 2.36. The number of hydrogen-bond acceptors (Lipinski definition) is 4. The molecule has 3 rings (SSSR count). The van der Waals surface area contributed by atoms with Crippen LogP contribution in [-0.4, -0.2) is 81.7 Å². The molecule has 1 fully saturated rings. The summed E-state index contributed by atoms with van der Waals surface area (Å²) in [4.78, 5) is 46.3. The summed E-state index contributed by atoms with van der Waals surface area (Å²) < 4.78 is 1.96. The van der Waals surface area contributed by atoms with Gasteiger partial charge in [0.05, 0.1) is 6.54 Å². The van der Waals surface area contributed by atoms with Gasteiger partial charge in [0.2, 0.25) is 17.7 Å². The van der Waals surface area contributed by atoms with E-state index in [0.29, 0.717) is 26.1 Å². The highest BCUT2D eigenvalue weighted by molar-refractivity contribution is 5.88. The molecule has 0 spiro atoms. The molecule has 0 aliphatic carbocycles. The van der Waals surface area contributed by atoms with Crippen molar-refractivity contribution >= 4 is 17.7 Å². The SMILES string of the molecule is CC(=O)N1CCN(C(=O)CCn2ccnc2-c2ccccc2)C[C@@H]1C(=O)N(C)C. The lowest BCUT2D eigenvalue weighted by Gasteiger charge is -2.41. The second-order valence-electron chi connectivity index (χ2n) is 7.36. The van der Waals surface area contributed by atoms with Gasteiger partial charge in [0.15, 0.2) is 0 Å². The van der Waals surface area contributed by atoms with Crippen LogP contribution in [0.5, 0.6) is 0 Å². The first-order chi connectivity index (χ1) is 13.9. The van der Waals surface area contributed by atoms with Crippen LogP contribution in [0.4, 0.5) is 0 Å². The first-order valence-corrected chi connectivity index (χ1v) is 9.71. The Morgan fingerprint density at radius 2 is 1.86 bits per heavy atom. The summed E-state index contributed by atoms with van der Waals surface area (Å²) in [6.45, 7) is 2.99. The average molecular weight is 397 g/mol. The largest absolute Gasteiger partial charge is 0.347 e. The molecule has 2 heterocycles. The molecule has 1 aromatic heterocycles. The van der Waals surface area contributed by atoms with E-state index in [9.17, 15) is 14.4 Å². The van der Waals surface area contributed by atoms with Crippen molar-refractivity contribution in [3.05, 3.63) is 42.7 Å². The van der Waals surface area contributed by atoms with Crippen molar-refractivity contribution in [3.8, 4) is 11.4 Å². The number of piperazine rings is 1. The Morgan fingerprint density at radius 1 is 1.14 bits per heavy atom. The minimum absolute atomic E-state index is 0.0301. The zero-order chi connectivity index (χ0) is 21.0. The van der Waals surface area contributed by atoms with E-state index < -0.39 is 6.04 Å². The molecule has 154 valence electrons. The van der Waals surface area contributed by atoms with E-state index in [4.69, 9.17) is 0 Å². The minimum atomic E-state index is -0.631. The Kier molecular flexibility index (Phi) is 6.31. The van der Waals surface area contributed by atoms with E-state index >= 15 is 0 Å². The third kappa shape index (κ3) is 4.64. The zero-order valence-corrected chi connectivity index (χ0v) is 17.1. The summed E-state index contributed by atoms with van der Waals surface area (Å²) in [6.07, 6.45) is 3.89. The Bertz CT molecular complexity index is 877. The highest BCUT2D eigenvalue weighted by atomic mass is 16.2. The Balaban J connectivity index is 1.65. The number of carbonyl (C=O) groups is 3. The van der Waals surface area contributed by atoms with Crippen molar-refractivity contribution in [2.24, 2.45) is 0 Å². The lowest BCUT2D eigenvalue weighted by Crippen LogP contribution is -2.61. The second kappa shape index (κ2) is 8.89. The minimum Gasteiger partial charge on any atom is -0.347 e. The molecule has 2 aromatic rings. The van der Waals surface area contributed by atoms with Gasteiger partial charge in [0, 0.05) is 65.0 Å². The lowest BCUT2D eigenvalue weighted by molar-refractivity contribution is -0.150. The highest BCUT2D eigenvalue weighted by Crippen LogP contribution is 2.18. The molecule has 1 saturated heterocycles. The third-order valence-electron chi connectivity index (χ3n) is 5.18. The number of amides is 3. The molecule has 8 heteroatoms. The van der Waals surface area contributed by atoms with Crippen LogP contribution >= 0.6 is 0 Å². The fraction of sp³-hybridized carbons (Fsp3) is 0.429. The number of likely N-dealkylation sites (N-methyl/N-ethyl adjacent to an activating group) is 1. The number of hydrogen-bond donors (Lipinski definition) is 0. The van der Waals surface area contributed by atoms with Gasteiger partial charge in [-0.15, -0.1) is 0 Å². The molecule has 1 atom stereocenters. The van der Waals surface area contributed by atoms with Crippen LogP contribution in [0.25, 0.3) is 11.4 Å². The monoisotopic (exact) mass is 397 g/mol. The summed E-state index contributed by atoms with van der Waals surface area (Å²) in [5.41, 5.74) is 0.997. The molecule has 1 aromatic carbocycles. The van der Waals surface area contributed by atoms with Gasteiger partial charge < -0.3 is 19.3 Å². The molecule has 0 unspecified atom stereocenters. The molecule has 0 bridgehead atoms. The first kappa shape index (κ1) is 20.6. The topological polar surface area (TPSA) is 78.8 Å². The number of imidazole rings is 1. The van der Waals surface area contributed by atoms with Crippen molar-refractivity contribution in [1.29, 1.82) is 0 Å². The fourth-order valence-corrected chi connectivity index (χ4v) is 3.61. The van der Waals surface area contributed by atoms with E-state index in [1.807, 2.05) is 41.1 Å². The van der Waals surface area contributed by atoms with Crippen LogP contribution in [0.15, 0.2) is 42.7 Å². The number of rotatable bonds is 5. The maximum Gasteiger partial charge on any atom is 0.246 e. The van der Waals surface area contributed by atoms with Gasteiger partial charge in [0.1, 0.15) is 11.9 Å². The number of benzene rings is 1. The number of carbonyl (C=O) groups excluding carboxylic acids is 3. The van der Waals surface area contributed by atoms with Gasteiger partial charge in [-0.1, -0.05) is 30.3 Å².